The van der Waals surface area contributed by atoms with E-state index in [9.17, 15) is 0 Å². The van der Waals surface area contributed by atoms with Gasteiger partial charge in [-0.25, -0.2) is 0 Å². The van der Waals surface area contributed by atoms with Crippen LogP contribution < -0.4 is 4.90 Å². The first-order valence-corrected chi connectivity index (χ1v) is 5.99. The molecule has 1 aromatic carbocycles. The minimum absolute atomic E-state index is 0.232. The van der Waals surface area contributed by atoms with Crippen LogP contribution >= 0.6 is 11.6 Å². The molecule has 0 unspecified atom stereocenters. The van der Waals surface area contributed by atoms with E-state index in [0.29, 0.717) is 11.9 Å². The Hall–Kier alpha value is -1.55. The van der Waals surface area contributed by atoms with Crippen LogP contribution in [0.1, 0.15) is 18.4 Å². The standard InChI is InChI=1S/C12H14ClN3O/c1-3-9-4-6-10(7-5-9)16(2)12-15-14-11(8-13)17-12/h4-7H,3,8H2,1-2H3. The molecule has 0 amide bonds. The van der Waals surface area contributed by atoms with E-state index < -0.39 is 0 Å². The Balaban J connectivity index is 2.20. The van der Waals surface area contributed by atoms with E-state index in [2.05, 4.69) is 29.3 Å². The Labute approximate surface area is 105 Å². The third-order valence-corrected chi connectivity index (χ3v) is 2.82. The van der Waals surface area contributed by atoms with Crippen molar-refractivity contribution in [3.63, 3.8) is 0 Å². The van der Waals surface area contributed by atoms with Gasteiger partial charge in [-0.2, -0.15) is 0 Å². The fourth-order valence-corrected chi connectivity index (χ4v) is 1.61. The summed E-state index contributed by atoms with van der Waals surface area (Å²) in [6.07, 6.45) is 1.03. The molecule has 0 spiro atoms. The molecule has 17 heavy (non-hydrogen) atoms. The minimum atomic E-state index is 0.232. The maximum atomic E-state index is 5.62. The molecule has 2 rings (SSSR count). The molecule has 1 aromatic heterocycles. The molecule has 0 atom stereocenters. The number of rotatable bonds is 4. The molecule has 0 aliphatic carbocycles. The fraction of sp³-hybridized carbons (Fsp3) is 0.333. The zero-order valence-electron chi connectivity index (χ0n) is 9.85. The smallest absolute Gasteiger partial charge is 0.322 e. The van der Waals surface area contributed by atoms with E-state index in [1.165, 1.54) is 5.56 Å². The van der Waals surface area contributed by atoms with Crippen molar-refractivity contribution in [2.75, 3.05) is 11.9 Å². The molecular formula is C12H14ClN3O. The number of nitrogens with zero attached hydrogens (tertiary/aromatic N) is 3. The maximum absolute atomic E-state index is 5.62. The second-order valence-electron chi connectivity index (χ2n) is 3.69. The number of hydrogen-bond acceptors (Lipinski definition) is 4. The van der Waals surface area contributed by atoms with Crippen molar-refractivity contribution in [3.05, 3.63) is 35.7 Å². The van der Waals surface area contributed by atoms with Crippen molar-refractivity contribution in [2.24, 2.45) is 0 Å². The molecular weight excluding hydrogens is 238 g/mol. The number of benzene rings is 1. The van der Waals surface area contributed by atoms with Crippen LogP contribution in [-0.4, -0.2) is 17.2 Å². The van der Waals surface area contributed by atoms with E-state index in [-0.39, 0.29) is 5.88 Å². The second kappa shape index (κ2) is 5.19. The summed E-state index contributed by atoms with van der Waals surface area (Å²) in [6.45, 7) is 2.13. The molecule has 0 bridgehead atoms. The van der Waals surface area contributed by atoms with Crippen molar-refractivity contribution in [2.45, 2.75) is 19.2 Å². The van der Waals surface area contributed by atoms with Crippen LogP contribution in [-0.2, 0) is 12.3 Å². The quantitative estimate of drug-likeness (QED) is 0.783. The van der Waals surface area contributed by atoms with Gasteiger partial charge in [-0.05, 0) is 24.1 Å². The molecule has 0 saturated heterocycles. The lowest BCUT2D eigenvalue weighted by molar-refractivity contribution is 0.518. The van der Waals surface area contributed by atoms with Gasteiger partial charge in [-0.1, -0.05) is 24.2 Å². The van der Waals surface area contributed by atoms with E-state index in [0.717, 1.165) is 12.1 Å². The molecule has 90 valence electrons. The normalized spacial score (nSPS) is 10.5. The van der Waals surface area contributed by atoms with E-state index in [1.54, 1.807) is 0 Å². The molecule has 0 aliphatic rings. The molecule has 0 aliphatic heterocycles. The van der Waals surface area contributed by atoms with Crippen LogP contribution in [0.3, 0.4) is 0 Å². The van der Waals surface area contributed by atoms with Gasteiger partial charge in [0.25, 0.3) is 0 Å². The summed E-state index contributed by atoms with van der Waals surface area (Å²) in [6, 6.07) is 8.69. The van der Waals surface area contributed by atoms with E-state index in [1.807, 2.05) is 24.1 Å². The number of aromatic nitrogens is 2. The average molecular weight is 252 g/mol. The summed E-state index contributed by atoms with van der Waals surface area (Å²) in [5.74, 6) is 0.661. The van der Waals surface area contributed by atoms with Gasteiger partial charge >= 0.3 is 6.01 Å². The second-order valence-corrected chi connectivity index (χ2v) is 3.96. The maximum Gasteiger partial charge on any atom is 0.322 e. The summed E-state index contributed by atoms with van der Waals surface area (Å²) in [5, 5.41) is 7.76. The van der Waals surface area contributed by atoms with Crippen LogP contribution in [0.15, 0.2) is 28.7 Å². The Morgan fingerprint density at radius 1 is 1.24 bits per heavy atom. The van der Waals surface area contributed by atoms with Crippen molar-refractivity contribution < 1.29 is 4.42 Å². The molecule has 1 heterocycles. The van der Waals surface area contributed by atoms with Crippen molar-refractivity contribution in [1.82, 2.24) is 10.2 Å². The first kappa shape index (κ1) is 11.9. The van der Waals surface area contributed by atoms with Gasteiger partial charge < -0.3 is 4.42 Å². The minimum Gasteiger partial charge on any atom is -0.406 e. The number of hydrogen-bond donors (Lipinski definition) is 0. The Morgan fingerprint density at radius 3 is 2.47 bits per heavy atom. The fourth-order valence-electron chi connectivity index (χ4n) is 1.50. The molecule has 0 N–H and O–H groups in total. The van der Waals surface area contributed by atoms with Gasteiger partial charge in [0, 0.05) is 12.7 Å². The molecule has 4 nitrogen and oxygen atoms in total. The largest absolute Gasteiger partial charge is 0.406 e. The van der Waals surface area contributed by atoms with Crippen molar-refractivity contribution >= 4 is 23.3 Å². The van der Waals surface area contributed by atoms with Crippen LogP contribution in [0.5, 0.6) is 0 Å². The van der Waals surface area contributed by atoms with Gasteiger partial charge in [0.05, 0.1) is 0 Å². The summed E-state index contributed by atoms with van der Waals surface area (Å²) < 4.78 is 5.38. The van der Waals surface area contributed by atoms with Gasteiger partial charge in [-0.3, -0.25) is 4.90 Å². The monoisotopic (exact) mass is 251 g/mol. The first-order chi connectivity index (χ1) is 8.24. The van der Waals surface area contributed by atoms with Gasteiger partial charge in [0.15, 0.2) is 0 Å². The van der Waals surface area contributed by atoms with E-state index >= 15 is 0 Å². The molecule has 0 saturated carbocycles. The van der Waals surface area contributed by atoms with Gasteiger partial charge in [0.1, 0.15) is 5.88 Å². The predicted octanol–water partition coefficient (Wildman–Crippen LogP) is 3.14. The molecule has 0 radical (unpaired) electrons. The predicted molar refractivity (Wildman–Crippen MR) is 67.7 cm³/mol. The summed E-state index contributed by atoms with van der Waals surface area (Å²) in [5.41, 5.74) is 2.31. The third kappa shape index (κ3) is 2.58. The highest BCUT2D eigenvalue weighted by Gasteiger charge is 2.11. The number of halogens is 1. The van der Waals surface area contributed by atoms with Crippen LogP contribution in [0.25, 0.3) is 0 Å². The molecule has 0 fully saturated rings. The Kier molecular flexibility index (Phi) is 3.64. The lowest BCUT2D eigenvalue weighted by atomic mass is 10.1. The van der Waals surface area contributed by atoms with Crippen LogP contribution in [0.2, 0.25) is 0 Å². The summed E-state index contributed by atoms with van der Waals surface area (Å²) in [7, 11) is 1.88. The highest BCUT2D eigenvalue weighted by atomic mass is 35.5. The topological polar surface area (TPSA) is 42.2 Å². The van der Waals surface area contributed by atoms with Crippen LogP contribution in [0, 0.1) is 0 Å². The van der Waals surface area contributed by atoms with Crippen LogP contribution in [0.4, 0.5) is 11.7 Å². The lowest BCUT2D eigenvalue weighted by Gasteiger charge is -2.14. The Bertz CT molecular complexity index is 481. The summed E-state index contributed by atoms with van der Waals surface area (Å²) >= 11 is 5.62. The number of aryl methyl sites for hydroxylation is 1. The van der Waals surface area contributed by atoms with E-state index in [4.69, 9.17) is 16.0 Å². The third-order valence-electron chi connectivity index (χ3n) is 2.59. The van der Waals surface area contributed by atoms with Crippen molar-refractivity contribution in [3.8, 4) is 0 Å². The van der Waals surface area contributed by atoms with Gasteiger partial charge in [0.2, 0.25) is 5.89 Å². The zero-order chi connectivity index (χ0) is 12.3. The average Bonchev–Trinajstić information content (AvgIpc) is 2.87. The summed E-state index contributed by atoms with van der Waals surface area (Å²) in [4.78, 5) is 1.84. The lowest BCUT2D eigenvalue weighted by Crippen LogP contribution is -2.09. The first-order valence-electron chi connectivity index (χ1n) is 5.45. The Morgan fingerprint density at radius 2 is 1.94 bits per heavy atom. The molecule has 5 heteroatoms. The van der Waals surface area contributed by atoms with Gasteiger partial charge in [-0.15, -0.1) is 16.7 Å². The number of alkyl halides is 1. The van der Waals surface area contributed by atoms with Crippen molar-refractivity contribution in [1.29, 1.82) is 0 Å². The number of anilines is 2. The highest BCUT2D eigenvalue weighted by molar-refractivity contribution is 6.16. The molecule has 2 aromatic rings. The highest BCUT2D eigenvalue weighted by Crippen LogP contribution is 2.22. The zero-order valence-corrected chi connectivity index (χ0v) is 10.6. The SMILES string of the molecule is CCc1ccc(N(C)c2nnc(CCl)o2)cc1.